The topological polar surface area (TPSA) is 114 Å². The molecular weight excluding hydrogens is 400 g/mol. The highest BCUT2D eigenvalue weighted by Gasteiger charge is 2.31. The molecule has 0 aliphatic rings. The van der Waals surface area contributed by atoms with E-state index in [1.807, 2.05) is 20.8 Å². The Morgan fingerprint density at radius 1 is 0.871 bits per heavy atom. The van der Waals surface area contributed by atoms with Gasteiger partial charge < -0.3 is 9.47 Å². The molecule has 0 aliphatic carbocycles. The number of Topliss-reactive ketones (excluding diaryl/α,β-unsaturated/α-hetero) is 2. The molecule has 2 aromatic heterocycles. The third-order valence-electron chi connectivity index (χ3n) is 5.29. The summed E-state index contributed by atoms with van der Waals surface area (Å²) in [7, 11) is 0. The number of hydrogen-bond acceptors (Lipinski definition) is 8. The van der Waals surface area contributed by atoms with Gasteiger partial charge in [-0.15, -0.1) is 10.2 Å². The summed E-state index contributed by atoms with van der Waals surface area (Å²) in [5.41, 5.74) is 0.502. The van der Waals surface area contributed by atoms with Crippen molar-refractivity contribution in [1.29, 1.82) is 0 Å². The summed E-state index contributed by atoms with van der Waals surface area (Å²) < 4.78 is 15.5. The van der Waals surface area contributed by atoms with Crippen molar-refractivity contribution < 1.29 is 19.1 Å². The van der Waals surface area contributed by atoms with Crippen LogP contribution in [0.3, 0.4) is 0 Å². The van der Waals surface area contributed by atoms with Crippen molar-refractivity contribution in [2.24, 2.45) is 0 Å². The average molecular weight is 435 g/mol. The molecule has 0 bridgehead atoms. The van der Waals surface area contributed by atoms with Crippen molar-refractivity contribution >= 4 is 11.6 Å². The Morgan fingerprint density at radius 2 is 1.39 bits per heavy atom. The number of ketones is 2. The van der Waals surface area contributed by atoms with Gasteiger partial charge in [0.05, 0.1) is 36.3 Å². The van der Waals surface area contributed by atoms with Gasteiger partial charge in [0.1, 0.15) is 18.8 Å². The fourth-order valence-electron chi connectivity index (χ4n) is 2.92. The quantitative estimate of drug-likeness (QED) is 0.444. The molecule has 0 N–H and O–H groups in total. The SMILES string of the molecule is CCC(C)(COC(C)(CC)Cc1cn(CC(C)=O)nn1)OCc1cn(CC(C)=O)nn1. The first kappa shape index (κ1) is 24.8. The van der Waals surface area contributed by atoms with Gasteiger partial charge in [0.2, 0.25) is 0 Å². The molecule has 0 saturated carbocycles. The van der Waals surface area contributed by atoms with Gasteiger partial charge in [-0.1, -0.05) is 24.3 Å². The van der Waals surface area contributed by atoms with Crippen LogP contribution in [0.4, 0.5) is 0 Å². The van der Waals surface area contributed by atoms with E-state index in [0.717, 1.165) is 18.5 Å². The second-order valence-electron chi connectivity index (χ2n) is 8.58. The lowest BCUT2D eigenvalue weighted by Gasteiger charge is -2.35. The highest BCUT2D eigenvalue weighted by atomic mass is 16.6. The predicted molar refractivity (Wildman–Crippen MR) is 113 cm³/mol. The molecule has 0 fully saturated rings. The number of carbonyl (C=O) groups is 2. The van der Waals surface area contributed by atoms with Crippen molar-refractivity contribution in [3.63, 3.8) is 0 Å². The van der Waals surface area contributed by atoms with E-state index in [2.05, 4.69) is 27.5 Å². The van der Waals surface area contributed by atoms with Crippen LogP contribution in [0.2, 0.25) is 0 Å². The maximum Gasteiger partial charge on any atom is 0.151 e. The predicted octanol–water partition coefficient (Wildman–Crippen LogP) is 2.16. The Labute approximate surface area is 183 Å². The van der Waals surface area contributed by atoms with Gasteiger partial charge in [0, 0.05) is 12.6 Å². The summed E-state index contributed by atoms with van der Waals surface area (Å²) in [6, 6.07) is 0. The van der Waals surface area contributed by atoms with Crippen LogP contribution in [-0.4, -0.2) is 59.4 Å². The fraction of sp³-hybridized carbons (Fsp3) is 0.714. The monoisotopic (exact) mass is 434 g/mol. The van der Waals surface area contributed by atoms with Gasteiger partial charge in [-0.25, -0.2) is 9.36 Å². The fourth-order valence-corrected chi connectivity index (χ4v) is 2.92. The zero-order valence-electron chi connectivity index (χ0n) is 19.4. The summed E-state index contributed by atoms with van der Waals surface area (Å²) >= 11 is 0. The smallest absolute Gasteiger partial charge is 0.151 e. The van der Waals surface area contributed by atoms with Crippen LogP contribution < -0.4 is 0 Å². The molecule has 2 unspecified atom stereocenters. The molecule has 172 valence electrons. The van der Waals surface area contributed by atoms with Gasteiger partial charge in [-0.3, -0.25) is 9.59 Å². The number of hydrogen-bond donors (Lipinski definition) is 0. The Kier molecular flexibility index (Phi) is 8.58. The van der Waals surface area contributed by atoms with Crippen LogP contribution in [0, 0.1) is 0 Å². The molecule has 31 heavy (non-hydrogen) atoms. The first-order valence-electron chi connectivity index (χ1n) is 10.6. The number of carbonyl (C=O) groups excluding carboxylic acids is 2. The van der Waals surface area contributed by atoms with Gasteiger partial charge >= 0.3 is 0 Å². The van der Waals surface area contributed by atoms with Crippen molar-refractivity contribution in [3.05, 3.63) is 23.8 Å². The van der Waals surface area contributed by atoms with E-state index in [1.54, 1.807) is 17.1 Å². The Bertz CT molecular complexity index is 879. The molecule has 0 radical (unpaired) electrons. The zero-order chi connectivity index (χ0) is 23.1. The minimum atomic E-state index is -0.507. The molecule has 10 heteroatoms. The molecule has 2 rings (SSSR count). The van der Waals surface area contributed by atoms with Crippen molar-refractivity contribution in [1.82, 2.24) is 30.0 Å². The minimum Gasteiger partial charge on any atom is -0.372 e. The summed E-state index contributed by atoms with van der Waals surface area (Å²) in [6.45, 7) is 12.3. The number of ether oxygens (including phenoxy) is 2. The Balaban J connectivity index is 1.93. The van der Waals surface area contributed by atoms with Crippen molar-refractivity contribution in [2.75, 3.05) is 6.61 Å². The Hall–Kier alpha value is -2.46. The normalized spacial score (nSPS) is 15.4. The lowest BCUT2D eigenvalue weighted by atomic mass is 9.96. The Morgan fingerprint density at radius 3 is 1.90 bits per heavy atom. The van der Waals surface area contributed by atoms with Crippen molar-refractivity contribution in [3.8, 4) is 0 Å². The molecule has 10 nitrogen and oxygen atoms in total. The summed E-state index contributed by atoms with van der Waals surface area (Å²) in [6.07, 6.45) is 5.63. The second kappa shape index (κ2) is 10.7. The molecule has 0 aromatic carbocycles. The number of aromatic nitrogens is 6. The van der Waals surface area contributed by atoms with Crippen LogP contribution in [0.25, 0.3) is 0 Å². The summed E-state index contributed by atoms with van der Waals surface area (Å²) in [5.74, 6) is 0.0486. The molecule has 2 aromatic rings. The van der Waals surface area contributed by atoms with Crippen LogP contribution in [0.5, 0.6) is 0 Å². The van der Waals surface area contributed by atoms with E-state index in [9.17, 15) is 9.59 Å². The van der Waals surface area contributed by atoms with E-state index >= 15 is 0 Å². The van der Waals surface area contributed by atoms with E-state index in [0.29, 0.717) is 18.7 Å². The minimum absolute atomic E-state index is 0.0179. The molecule has 2 atom stereocenters. The van der Waals surface area contributed by atoms with Crippen molar-refractivity contribution in [2.45, 2.75) is 91.7 Å². The highest BCUT2D eigenvalue weighted by molar-refractivity contribution is 5.75. The van der Waals surface area contributed by atoms with Crippen LogP contribution in [0.1, 0.15) is 65.8 Å². The lowest BCUT2D eigenvalue weighted by molar-refractivity contribution is -0.141. The maximum absolute atomic E-state index is 11.3. The molecule has 2 heterocycles. The molecule has 0 spiro atoms. The van der Waals surface area contributed by atoms with Crippen LogP contribution in [-0.2, 0) is 45.2 Å². The van der Waals surface area contributed by atoms with E-state index in [-0.39, 0.29) is 31.3 Å². The first-order valence-corrected chi connectivity index (χ1v) is 10.6. The number of rotatable bonds is 14. The molecular formula is C21H34N6O4. The number of nitrogens with zero attached hydrogens (tertiary/aromatic N) is 6. The largest absolute Gasteiger partial charge is 0.372 e. The van der Waals surface area contributed by atoms with E-state index < -0.39 is 11.2 Å². The van der Waals surface area contributed by atoms with Gasteiger partial charge in [-0.05, 0) is 40.5 Å². The first-order chi connectivity index (χ1) is 14.6. The zero-order valence-corrected chi connectivity index (χ0v) is 19.4. The summed E-state index contributed by atoms with van der Waals surface area (Å²) in [5, 5.41) is 16.2. The highest BCUT2D eigenvalue weighted by Crippen LogP contribution is 2.25. The lowest BCUT2D eigenvalue weighted by Crippen LogP contribution is -2.40. The average Bonchev–Trinajstić information content (AvgIpc) is 3.33. The maximum atomic E-state index is 11.3. The van der Waals surface area contributed by atoms with Gasteiger partial charge in [0.15, 0.2) is 11.6 Å². The van der Waals surface area contributed by atoms with E-state index in [4.69, 9.17) is 9.47 Å². The third kappa shape index (κ3) is 7.95. The van der Waals surface area contributed by atoms with E-state index in [1.165, 1.54) is 18.5 Å². The van der Waals surface area contributed by atoms with Gasteiger partial charge in [-0.2, -0.15) is 0 Å². The molecule has 0 aliphatic heterocycles. The third-order valence-corrected chi connectivity index (χ3v) is 5.29. The molecule has 0 amide bonds. The standard InChI is InChI=1S/C21H34N6O4/c1-7-20(5,9-18-12-26(24-22-18)10-16(3)28)31-15-21(6,8-2)30-14-19-13-27(25-23-19)11-17(4)29/h12-13H,7-11,14-15H2,1-6H3. The van der Waals surface area contributed by atoms with Crippen LogP contribution >= 0.6 is 0 Å². The summed E-state index contributed by atoms with van der Waals surface area (Å²) in [4.78, 5) is 22.5. The van der Waals surface area contributed by atoms with Gasteiger partial charge in [0.25, 0.3) is 0 Å². The van der Waals surface area contributed by atoms with Crippen LogP contribution in [0.15, 0.2) is 12.4 Å². The second-order valence-corrected chi connectivity index (χ2v) is 8.58. The molecule has 0 saturated heterocycles.